The number of carbonyl (C=O) groups excluding carboxylic acids is 1. The summed E-state index contributed by atoms with van der Waals surface area (Å²) < 4.78 is 0. The van der Waals surface area contributed by atoms with Crippen molar-refractivity contribution < 1.29 is 14.7 Å². The van der Waals surface area contributed by atoms with Crippen molar-refractivity contribution >= 4 is 23.2 Å². The van der Waals surface area contributed by atoms with Crippen LogP contribution in [-0.2, 0) is 4.79 Å². The van der Waals surface area contributed by atoms with Crippen molar-refractivity contribution in [3.63, 3.8) is 0 Å². The monoisotopic (exact) mass is 304 g/mol. The summed E-state index contributed by atoms with van der Waals surface area (Å²) in [5.41, 5.74) is 2.93. The van der Waals surface area contributed by atoms with Gasteiger partial charge >= 0.3 is 5.97 Å². The van der Waals surface area contributed by atoms with Gasteiger partial charge in [-0.2, -0.15) is 0 Å². The van der Waals surface area contributed by atoms with Crippen molar-refractivity contribution in [1.82, 2.24) is 9.88 Å². The van der Waals surface area contributed by atoms with Crippen molar-refractivity contribution in [2.75, 3.05) is 13.6 Å². The second kappa shape index (κ2) is 6.49. The Hall–Kier alpha value is -2.21. The van der Waals surface area contributed by atoms with E-state index in [1.807, 2.05) is 30.3 Å². The van der Waals surface area contributed by atoms with E-state index in [1.54, 1.807) is 19.5 Å². The summed E-state index contributed by atoms with van der Waals surface area (Å²) in [6.07, 6.45) is 0. The molecule has 2 rings (SSSR count). The number of hydrogen-bond donors (Lipinski definition) is 1. The summed E-state index contributed by atoms with van der Waals surface area (Å²) in [4.78, 5) is 29.7. The van der Waals surface area contributed by atoms with Gasteiger partial charge in [0.25, 0.3) is 5.91 Å². The number of carboxylic acids is 1. The van der Waals surface area contributed by atoms with Crippen LogP contribution in [0.1, 0.15) is 17.4 Å². The zero-order valence-corrected chi connectivity index (χ0v) is 12.6. The minimum Gasteiger partial charge on any atom is -0.481 e. The molecule has 2 aromatic rings. The maximum absolute atomic E-state index is 12.4. The fourth-order valence-electron chi connectivity index (χ4n) is 1.95. The van der Waals surface area contributed by atoms with Gasteiger partial charge in [-0.3, -0.25) is 9.59 Å². The second-order valence-corrected chi connectivity index (χ2v) is 5.68. The molecule has 0 saturated heterocycles. The van der Waals surface area contributed by atoms with Crippen molar-refractivity contribution in [2.24, 2.45) is 5.92 Å². The van der Waals surface area contributed by atoms with Crippen molar-refractivity contribution in [3.8, 4) is 10.4 Å². The van der Waals surface area contributed by atoms with Crippen LogP contribution >= 0.6 is 11.3 Å². The zero-order chi connectivity index (χ0) is 15.4. The smallest absolute Gasteiger partial charge is 0.308 e. The average molecular weight is 304 g/mol. The molecule has 0 aliphatic heterocycles. The van der Waals surface area contributed by atoms with Crippen LogP contribution in [0, 0.1) is 5.92 Å². The molecule has 0 spiro atoms. The topological polar surface area (TPSA) is 70.5 Å². The molecule has 1 aromatic carbocycles. The van der Waals surface area contributed by atoms with Gasteiger partial charge in [-0.15, -0.1) is 11.3 Å². The van der Waals surface area contributed by atoms with Gasteiger partial charge in [0.15, 0.2) is 0 Å². The number of benzene rings is 1. The summed E-state index contributed by atoms with van der Waals surface area (Å²) in [6.45, 7) is 1.73. The number of hydrogen-bond acceptors (Lipinski definition) is 4. The lowest BCUT2D eigenvalue weighted by Crippen LogP contribution is -2.34. The molecule has 1 amide bonds. The van der Waals surface area contributed by atoms with Crippen molar-refractivity contribution in [1.29, 1.82) is 0 Å². The molecule has 0 aliphatic rings. The Bertz CT molecular complexity index is 639. The van der Waals surface area contributed by atoms with E-state index < -0.39 is 11.9 Å². The van der Waals surface area contributed by atoms with Gasteiger partial charge in [0.2, 0.25) is 0 Å². The molecule has 0 saturated carbocycles. The number of amides is 1. The number of thiazole rings is 1. The third kappa shape index (κ3) is 3.46. The predicted molar refractivity (Wildman–Crippen MR) is 81.3 cm³/mol. The molecular weight excluding hydrogens is 288 g/mol. The van der Waals surface area contributed by atoms with Gasteiger partial charge in [-0.1, -0.05) is 37.3 Å². The average Bonchev–Trinajstić information content (AvgIpc) is 2.96. The van der Waals surface area contributed by atoms with Crippen molar-refractivity contribution in [3.05, 3.63) is 41.5 Å². The largest absolute Gasteiger partial charge is 0.481 e. The van der Waals surface area contributed by atoms with E-state index in [0.29, 0.717) is 5.69 Å². The highest BCUT2D eigenvalue weighted by atomic mass is 32.1. The first-order chi connectivity index (χ1) is 10.0. The lowest BCUT2D eigenvalue weighted by Gasteiger charge is -2.19. The highest BCUT2D eigenvalue weighted by Gasteiger charge is 2.23. The molecule has 0 radical (unpaired) electrons. The van der Waals surface area contributed by atoms with E-state index in [-0.39, 0.29) is 12.5 Å². The first kappa shape index (κ1) is 15.2. The SMILES string of the molecule is CC(CN(C)C(=O)c1ncsc1-c1ccccc1)C(=O)O. The lowest BCUT2D eigenvalue weighted by atomic mass is 10.1. The Morgan fingerprint density at radius 3 is 2.62 bits per heavy atom. The van der Waals surface area contributed by atoms with Crippen LogP contribution < -0.4 is 0 Å². The summed E-state index contributed by atoms with van der Waals surface area (Å²) in [6, 6.07) is 9.56. The zero-order valence-electron chi connectivity index (χ0n) is 11.8. The Morgan fingerprint density at radius 1 is 1.33 bits per heavy atom. The van der Waals surface area contributed by atoms with E-state index in [2.05, 4.69) is 4.98 Å². The Labute approximate surface area is 126 Å². The number of aromatic nitrogens is 1. The van der Waals surface area contributed by atoms with E-state index in [1.165, 1.54) is 16.2 Å². The van der Waals surface area contributed by atoms with Gasteiger partial charge in [0.05, 0.1) is 16.3 Å². The molecular formula is C15H16N2O3S. The minimum absolute atomic E-state index is 0.153. The molecule has 1 aromatic heterocycles. The van der Waals surface area contributed by atoms with Crippen LogP contribution in [0.3, 0.4) is 0 Å². The maximum Gasteiger partial charge on any atom is 0.308 e. The van der Waals surface area contributed by atoms with Crippen LogP contribution in [0.5, 0.6) is 0 Å². The first-order valence-electron chi connectivity index (χ1n) is 6.48. The molecule has 1 atom stereocenters. The van der Waals surface area contributed by atoms with Gasteiger partial charge in [-0.25, -0.2) is 4.98 Å². The van der Waals surface area contributed by atoms with Crippen LogP contribution in [-0.4, -0.2) is 40.5 Å². The summed E-state index contributed by atoms with van der Waals surface area (Å²) in [5.74, 6) is -1.79. The maximum atomic E-state index is 12.4. The highest BCUT2D eigenvalue weighted by molar-refractivity contribution is 7.13. The number of rotatable bonds is 5. The summed E-state index contributed by atoms with van der Waals surface area (Å²) in [5, 5.41) is 8.92. The molecule has 21 heavy (non-hydrogen) atoms. The van der Waals surface area contributed by atoms with E-state index in [0.717, 1.165) is 10.4 Å². The van der Waals surface area contributed by atoms with Gasteiger partial charge in [0, 0.05) is 13.6 Å². The molecule has 6 heteroatoms. The number of carbonyl (C=O) groups is 2. The van der Waals surface area contributed by atoms with E-state index in [9.17, 15) is 9.59 Å². The molecule has 110 valence electrons. The Balaban J connectivity index is 2.21. The third-order valence-electron chi connectivity index (χ3n) is 3.12. The van der Waals surface area contributed by atoms with Gasteiger partial charge in [-0.05, 0) is 5.56 Å². The van der Waals surface area contributed by atoms with Crippen molar-refractivity contribution in [2.45, 2.75) is 6.92 Å². The standard InChI is InChI=1S/C15H16N2O3S/c1-10(15(19)20)8-17(2)14(18)12-13(21-9-16-12)11-6-4-3-5-7-11/h3-7,9-10H,8H2,1-2H3,(H,19,20). The van der Waals surface area contributed by atoms with Gasteiger partial charge < -0.3 is 10.0 Å². The molecule has 1 N–H and O–H groups in total. The molecule has 0 bridgehead atoms. The predicted octanol–water partition coefficient (Wildman–Crippen LogP) is 2.60. The number of nitrogens with zero attached hydrogens (tertiary/aromatic N) is 2. The van der Waals surface area contributed by atoms with Gasteiger partial charge in [0.1, 0.15) is 5.69 Å². The molecule has 5 nitrogen and oxygen atoms in total. The molecule has 0 fully saturated rings. The lowest BCUT2D eigenvalue weighted by molar-refractivity contribution is -0.141. The van der Waals surface area contributed by atoms with Crippen LogP contribution in [0.15, 0.2) is 35.8 Å². The fraction of sp³-hybridized carbons (Fsp3) is 0.267. The first-order valence-corrected chi connectivity index (χ1v) is 7.36. The molecule has 0 aliphatic carbocycles. The molecule has 1 heterocycles. The normalized spacial score (nSPS) is 11.9. The van der Waals surface area contributed by atoms with Crippen LogP contribution in [0.4, 0.5) is 0 Å². The Kier molecular flexibility index (Phi) is 4.70. The number of carboxylic acid groups (broad SMARTS) is 1. The Morgan fingerprint density at radius 2 is 2.00 bits per heavy atom. The fourth-order valence-corrected chi connectivity index (χ4v) is 2.73. The quantitative estimate of drug-likeness (QED) is 0.921. The van der Waals surface area contributed by atoms with E-state index >= 15 is 0 Å². The number of aliphatic carboxylic acids is 1. The second-order valence-electron chi connectivity index (χ2n) is 4.82. The van der Waals surface area contributed by atoms with Crippen LogP contribution in [0.2, 0.25) is 0 Å². The van der Waals surface area contributed by atoms with Crippen LogP contribution in [0.25, 0.3) is 10.4 Å². The summed E-state index contributed by atoms with van der Waals surface area (Å²) in [7, 11) is 1.59. The minimum atomic E-state index is -0.920. The third-order valence-corrected chi connectivity index (χ3v) is 4.00. The van der Waals surface area contributed by atoms with E-state index in [4.69, 9.17) is 5.11 Å². The highest BCUT2D eigenvalue weighted by Crippen LogP contribution is 2.28. The summed E-state index contributed by atoms with van der Waals surface area (Å²) >= 11 is 1.40. The molecule has 1 unspecified atom stereocenters.